The molecule has 0 N–H and O–H groups in total. The molecule has 4 heterocycles. The molecule has 0 bridgehead atoms. The van der Waals surface area contributed by atoms with Crippen molar-refractivity contribution in [3.05, 3.63) is 111 Å². The van der Waals surface area contributed by atoms with E-state index in [9.17, 15) is 14.0 Å². The SMILES string of the molecule is Cc1ccc(CN2C(=O)/C(=C\c3c(N4CCN(c5ccc(F)cc5)CC4)nc4ccccn4c3=O)SC2=S)cc1. The van der Waals surface area contributed by atoms with Crippen LogP contribution in [-0.2, 0) is 11.3 Å². The predicted molar refractivity (Wildman–Crippen MR) is 162 cm³/mol. The summed E-state index contributed by atoms with van der Waals surface area (Å²) in [4.78, 5) is 38.3. The first kappa shape index (κ1) is 26.2. The third kappa shape index (κ3) is 5.12. The van der Waals surface area contributed by atoms with Crippen LogP contribution in [0.4, 0.5) is 15.9 Å². The van der Waals surface area contributed by atoms with Gasteiger partial charge in [-0.3, -0.25) is 18.9 Å². The summed E-state index contributed by atoms with van der Waals surface area (Å²) in [6.45, 7) is 4.97. The molecule has 0 radical (unpaired) electrons. The van der Waals surface area contributed by atoms with Gasteiger partial charge in [-0.05, 0) is 55.0 Å². The van der Waals surface area contributed by atoms with E-state index in [0.29, 0.717) is 59.0 Å². The third-order valence-electron chi connectivity index (χ3n) is 7.13. The molecule has 40 heavy (non-hydrogen) atoms. The summed E-state index contributed by atoms with van der Waals surface area (Å²) >= 11 is 6.76. The number of benzene rings is 2. The van der Waals surface area contributed by atoms with Gasteiger partial charge >= 0.3 is 0 Å². The summed E-state index contributed by atoms with van der Waals surface area (Å²) in [5, 5.41) is 0. The summed E-state index contributed by atoms with van der Waals surface area (Å²) < 4.78 is 15.4. The minimum absolute atomic E-state index is 0.222. The number of aryl methyl sites for hydroxylation is 1. The van der Waals surface area contributed by atoms with Crippen LogP contribution in [0.15, 0.2) is 82.6 Å². The monoisotopic (exact) mass is 571 g/mol. The molecule has 1 amide bonds. The Balaban J connectivity index is 1.32. The van der Waals surface area contributed by atoms with Crippen molar-refractivity contribution in [3.63, 3.8) is 0 Å². The molecule has 0 aliphatic carbocycles. The Morgan fingerprint density at radius 2 is 1.65 bits per heavy atom. The number of pyridine rings is 1. The van der Waals surface area contributed by atoms with E-state index in [0.717, 1.165) is 16.8 Å². The number of anilines is 2. The van der Waals surface area contributed by atoms with Gasteiger partial charge in [0.05, 0.1) is 17.0 Å². The Hall–Kier alpha value is -4.02. The smallest absolute Gasteiger partial charge is 0.267 e. The van der Waals surface area contributed by atoms with Crippen LogP contribution < -0.4 is 15.4 Å². The number of hydrogen-bond donors (Lipinski definition) is 0. The number of fused-ring (bicyclic) bond motifs is 1. The number of nitrogens with zero attached hydrogens (tertiary/aromatic N) is 5. The summed E-state index contributed by atoms with van der Waals surface area (Å²) in [5.74, 6) is 0.0520. The zero-order valence-electron chi connectivity index (χ0n) is 21.8. The van der Waals surface area contributed by atoms with Crippen LogP contribution in [0.2, 0.25) is 0 Å². The van der Waals surface area contributed by atoms with Crippen LogP contribution in [0.25, 0.3) is 11.7 Å². The number of hydrogen-bond acceptors (Lipinski definition) is 7. The molecule has 0 saturated carbocycles. The van der Waals surface area contributed by atoms with Crippen LogP contribution in [0.1, 0.15) is 16.7 Å². The molecule has 2 aromatic heterocycles. The van der Waals surface area contributed by atoms with Crippen LogP contribution >= 0.6 is 24.0 Å². The van der Waals surface area contributed by atoms with Crippen molar-refractivity contribution in [2.45, 2.75) is 13.5 Å². The van der Waals surface area contributed by atoms with E-state index in [1.54, 1.807) is 41.4 Å². The summed E-state index contributed by atoms with van der Waals surface area (Å²) in [5.41, 5.74) is 3.72. The average molecular weight is 572 g/mol. The lowest BCUT2D eigenvalue weighted by atomic mass is 10.1. The Kier molecular flexibility index (Phi) is 7.12. The summed E-state index contributed by atoms with van der Waals surface area (Å²) in [6, 6.07) is 19.9. The fourth-order valence-electron chi connectivity index (χ4n) is 4.93. The Morgan fingerprint density at radius 3 is 2.38 bits per heavy atom. The van der Waals surface area contributed by atoms with Crippen molar-refractivity contribution in [1.82, 2.24) is 14.3 Å². The van der Waals surface area contributed by atoms with Crippen molar-refractivity contribution in [2.75, 3.05) is 36.0 Å². The van der Waals surface area contributed by atoms with E-state index in [1.165, 1.54) is 28.3 Å². The minimum atomic E-state index is -0.267. The van der Waals surface area contributed by atoms with Gasteiger partial charge in [-0.2, -0.15) is 0 Å². The summed E-state index contributed by atoms with van der Waals surface area (Å²) in [7, 11) is 0. The zero-order valence-corrected chi connectivity index (χ0v) is 23.4. The molecule has 0 spiro atoms. The molecule has 2 aromatic carbocycles. The van der Waals surface area contributed by atoms with Gasteiger partial charge in [0.15, 0.2) is 0 Å². The Bertz CT molecular complexity index is 1690. The van der Waals surface area contributed by atoms with E-state index >= 15 is 0 Å². The lowest BCUT2D eigenvalue weighted by Gasteiger charge is -2.37. The van der Waals surface area contributed by atoms with Gasteiger partial charge in [-0.25, -0.2) is 9.37 Å². The van der Waals surface area contributed by atoms with Crippen LogP contribution in [0.5, 0.6) is 0 Å². The maximum atomic E-state index is 13.7. The van der Waals surface area contributed by atoms with Crippen LogP contribution in [0, 0.1) is 12.7 Å². The van der Waals surface area contributed by atoms with E-state index in [1.807, 2.05) is 37.3 Å². The number of thiocarbonyl (C=S) groups is 1. The van der Waals surface area contributed by atoms with Gasteiger partial charge in [-0.15, -0.1) is 0 Å². The van der Waals surface area contributed by atoms with Gasteiger partial charge in [-0.1, -0.05) is 59.9 Å². The van der Waals surface area contributed by atoms with E-state index < -0.39 is 0 Å². The maximum Gasteiger partial charge on any atom is 0.267 e. The number of aromatic nitrogens is 2. The van der Waals surface area contributed by atoms with E-state index in [4.69, 9.17) is 17.2 Å². The first-order chi connectivity index (χ1) is 19.4. The van der Waals surface area contributed by atoms with Gasteiger partial charge in [0.25, 0.3) is 11.5 Å². The normalized spacial score (nSPS) is 16.9. The molecule has 202 valence electrons. The number of halogens is 1. The molecule has 2 saturated heterocycles. The number of thioether (sulfide) groups is 1. The van der Waals surface area contributed by atoms with Crippen molar-refractivity contribution < 1.29 is 9.18 Å². The summed E-state index contributed by atoms with van der Waals surface area (Å²) in [6.07, 6.45) is 3.33. The lowest BCUT2D eigenvalue weighted by molar-refractivity contribution is -0.122. The molecule has 0 unspecified atom stereocenters. The molecule has 6 rings (SSSR count). The quantitative estimate of drug-likeness (QED) is 0.250. The molecule has 4 aromatic rings. The molecular formula is C30H26FN5O2S2. The van der Waals surface area contributed by atoms with Crippen LogP contribution in [-0.4, -0.2) is 50.7 Å². The standard InChI is InChI=1S/C30H26FN5O2S2/c1-20-5-7-21(8-6-20)19-36-29(38)25(40-30(36)39)18-24-27(32-26-4-2-3-13-35(26)28(24)37)34-16-14-33(15-17-34)23-11-9-22(31)10-12-23/h2-13,18H,14-17,19H2,1H3/b25-18+. The molecule has 2 fully saturated rings. The van der Waals surface area contributed by atoms with Gasteiger partial charge < -0.3 is 9.80 Å². The van der Waals surface area contributed by atoms with Crippen LogP contribution in [0.3, 0.4) is 0 Å². The molecule has 2 aliphatic heterocycles. The second-order valence-electron chi connectivity index (χ2n) is 9.79. The minimum Gasteiger partial charge on any atom is -0.368 e. The van der Waals surface area contributed by atoms with E-state index in [-0.39, 0.29) is 17.3 Å². The van der Waals surface area contributed by atoms with Gasteiger partial charge in [0, 0.05) is 38.1 Å². The predicted octanol–water partition coefficient (Wildman–Crippen LogP) is 4.87. The highest BCUT2D eigenvalue weighted by Crippen LogP contribution is 2.34. The second kappa shape index (κ2) is 10.9. The first-order valence-electron chi connectivity index (χ1n) is 13.0. The fourth-order valence-corrected chi connectivity index (χ4v) is 6.17. The van der Waals surface area contributed by atoms with E-state index in [2.05, 4.69) is 9.80 Å². The van der Waals surface area contributed by atoms with Crippen molar-refractivity contribution in [1.29, 1.82) is 0 Å². The lowest BCUT2D eigenvalue weighted by Crippen LogP contribution is -2.47. The number of carbonyl (C=O) groups is 1. The average Bonchev–Trinajstić information content (AvgIpc) is 3.23. The topological polar surface area (TPSA) is 61.2 Å². The largest absolute Gasteiger partial charge is 0.368 e. The van der Waals surface area contributed by atoms with Gasteiger partial charge in [0.1, 0.15) is 21.6 Å². The molecule has 10 heteroatoms. The zero-order chi connectivity index (χ0) is 27.8. The highest BCUT2D eigenvalue weighted by atomic mass is 32.2. The van der Waals surface area contributed by atoms with Crippen molar-refractivity contribution in [2.24, 2.45) is 0 Å². The van der Waals surface area contributed by atoms with Crippen molar-refractivity contribution in [3.8, 4) is 0 Å². The molecule has 2 aliphatic rings. The number of amides is 1. The number of rotatable bonds is 5. The highest BCUT2D eigenvalue weighted by Gasteiger charge is 2.33. The number of piperazine rings is 1. The number of carbonyl (C=O) groups excluding carboxylic acids is 1. The second-order valence-corrected chi connectivity index (χ2v) is 11.5. The maximum absolute atomic E-state index is 13.7. The first-order valence-corrected chi connectivity index (χ1v) is 14.2. The Morgan fingerprint density at radius 1 is 0.950 bits per heavy atom. The molecule has 7 nitrogen and oxygen atoms in total. The molecule has 0 atom stereocenters. The van der Waals surface area contributed by atoms with Gasteiger partial charge in [0.2, 0.25) is 0 Å². The molecular weight excluding hydrogens is 545 g/mol. The van der Waals surface area contributed by atoms with Crippen molar-refractivity contribution >= 4 is 57.4 Å². The Labute approximate surface area is 240 Å². The fraction of sp³-hybridized carbons (Fsp3) is 0.200. The highest BCUT2D eigenvalue weighted by molar-refractivity contribution is 8.26. The third-order valence-corrected chi connectivity index (χ3v) is 8.51.